The molecule has 0 radical (unpaired) electrons. The molecule has 2 aliphatic rings. The molecule has 3 nitrogen and oxygen atoms in total. The molecule has 0 aliphatic carbocycles. The van der Waals surface area contributed by atoms with Gasteiger partial charge in [-0.15, -0.1) is 0 Å². The maximum atomic E-state index is 11.0. The summed E-state index contributed by atoms with van der Waals surface area (Å²) in [5.41, 5.74) is 0. The van der Waals surface area contributed by atoms with Crippen molar-refractivity contribution in [1.82, 2.24) is 10.6 Å². The van der Waals surface area contributed by atoms with Gasteiger partial charge in [0.2, 0.25) is 5.91 Å². The normalized spacial score (nSPS) is 37.6. The van der Waals surface area contributed by atoms with Gasteiger partial charge < -0.3 is 10.6 Å². The molecule has 0 bridgehead atoms. The molecular weight excluding hydrogens is 140 g/mol. The van der Waals surface area contributed by atoms with Crippen molar-refractivity contribution in [3.8, 4) is 0 Å². The highest BCUT2D eigenvalue weighted by Gasteiger charge is 2.32. The number of fused-ring (bicyclic) bond motifs is 1. The van der Waals surface area contributed by atoms with Crippen LogP contribution in [0, 0.1) is 5.92 Å². The molecule has 0 saturated carbocycles. The largest absolute Gasteiger partial charge is 0.352 e. The fourth-order valence-electron chi connectivity index (χ4n) is 2.03. The zero-order valence-electron chi connectivity index (χ0n) is 6.60. The van der Waals surface area contributed by atoms with Crippen LogP contribution in [0.4, 0.5) is 0 Å². The van der Waals surface area contributed by atoms with E-state index in [1.165, 1.54) is 12.8 Å². The van der Waals surface area contributed by atoms with Gasteiger partial charge in [0.25, 0.3) is 0 Å². The standard InChI is InChI=1S/C8H14N2O/c11-8-4-6-2-1-3-9-5-7(6)10-8/h6-7,9H,1-5H2,(H,10,11). The van der Waals surface area contributed by atoms with Crippen molar-refractivity contribution >= 4 is 5.91 Å². The van der Waals surface area contributed by atoms with E-state index in [2.05, 4.69) is 10.6 Å². The maximum absolute atomic E-state index is 11.0. The third-order valence-corrected chi connectivity index (χ3v) is 2.66. The van der Waals surface area contributed by atoms with E-state index in [1.807, 2.05) is 0 Å². The molecule has 2 atom stereocenters. The smallest absolute Gasteiger partial charge is 0.220 e. The van der Waals surface area contributed by atoms with E-state index >= 15 is 0 Å². The van der Waals surface area contributed by atoms with Crippen LogP contribution in [0.2, 0.25) is 0 Å². The highest BCUT2D eigenvalue weighted by molar-refractivity contribution is 5.79. The van der Waals surface area contributed by atoms with Gasteiger partial charge in [0.15, 0.2) is 0 Å². The number of hydrogen-bond donors (Lipinski definition) is 2. The van der Waals surface area contributed by atoms with E-state index in [-0.39, 0.29) is 5.91 Å². The summed E-state index contributed by atoms with van der Waals surface area (Å²) in [6.07, 6.45) is 3.18. The third-order valence-electron chi connectivity index (χ3n) is 2.66. The predicted molar refractivity (Wildman–Crippen MR) is 42.1 cm³/mol. The van der Waals surface area contributed by atoms with E-state index in [9.17, 15) is 4.79 Å². The highest BCUT2D eigenvalue weighted by atomic mass is 16.2. The third kappa shape index (κ3) is 1.38. The van der Waals surface area contributed by atoms with Crippen molar-refractivity contribution < 1.29 is 4.79 Å². The zero-order valence-corrected chi connectivity index (χ0v) is 6.60. The Labute approximate surface area is 66.5 Å². The van der Waals surface area contributed by atoms with Gasteiger partial charge in [-0.05, 0) is 25.3 Å². The van der Waals surface area contributed by atoms with Gasteiger partial charge in [0, 0.05) is 19.0 Å². The highest BCUT2D eigenvalue weighted by Crippen LogP contribution is 2.22. The van der Waals surface area contributed by atoms with Gasteiger partial charge in [-0.3, -0.25) is 4.79 Å². The van der Waals surface area contributed by atoms with Crippen molar-refractivity contribution in [2.24, 2.45) is 5.92 Å². The van der Waals surface area contributed by atoms with Gasteiger partial charge >= 0.3 is 0 Å². The van der Waals surface area contributed by atoms with E-state index < -0.39 is 0 Å². The Balaban J connectivity index is 2.01. The molecule has 2 saturated heterocycles. The monoisotopic (exact) mass is 154 g/mol. The molecule has 0 aromatic rings. The lowest BCUT2D eigenvalue weighted by Crippen LogP contribution is -2.37. The lowest BCUT2D eigenvalue weighted by atomic mass is 9.97. The van der Waals surface area contributed by atoms with Crippen molar-refractivity contribution in [2.45, 2.75) is 25.3 Å². The van der Waals surface area contributed by atoms with Crippen molar-refractivity contribution in [3.05, 3.63) is 0 Å². The molecule has 62 valence electrons. The molecule has 0 aromatic heterocycles. The second-order valence-corrected chi connectivity index (χ2v) is 3.48. The summed E-state index contributed by atoms with van der Waals surface area (Å²) in [5.74, 6) is 0.848. The summed E-state index contributed by atoms with van der Waals surface area (Å²) in [7, 11) is 0. The number of hydrogen-bond acceptors (Lipinski definition) is 2. The van der Waals surface area contributed by atoms with Gasteiger partial charge in [-0.2, -0.15) is 0 Å². The molecule has 2 rings (SSSR count). The number of amides is 1. The Morgan fingerprint density at radius 3 is 3.27 bits per heavy atom. The average molecular weight is 154 g/mol. The fourth-order valence-corrected chi connectivity index (χ4v) is 2.03. The van der Waals surface area contributed by atoms with Crippen LogP contribution in [-0.2, 0) is 4.79 Å². The predicted octanol–water partition coefficient (Wildman–Crippen LogP) is -0.126. The fraction of sp³-hybridized carbons (Fsp3) is 0.875. The van der Waals surface area contributed by atoms with Crippen LogP contribution in [0.3, 0.4) is 0 Å². The van der Waals surface area contributed by atoms with Crippen LogP contribution >= 0.6 is 0 Å². The van der Waals surface area contributed by atoms with Crippen molar-refractivity contribution in [3.63, 3.8) is 0 Å². The molecule has 2 unspecified atom stereocenters. The van der Waals surface area contributed by atoms with E-state index in [0.29, 0.717) is 12.0 Å². The first-order valence-electron chi connectivity index (χ1n) is 4.36. The maximum Gasteiger partial charge on any atom is 0.220 e. The Hall–Kier alpha value is -0.570. The molecule has 2 N–H and O–H groups in total. The van der Waals surface area contributed by atoms with Crippen LogP contribution in [0.1, 0.15) is 19.3 Å². The first-order valence-corrected chi connectivity index (χ1v) is 4.36. The molecule has 2 heterocycles. The molecule has 11 heavy (non-hydrogen) atoms. The molecule has 0 aromatic carbocycles. The van der Waals surface area contributed by atoms with Crippen molar-refractivity contribution in [1.29, 1.82) is 0 Å². The molecular formula is C8H14N2O. The first kappa shape index (κ1) is 7.10. The van der Waals surface area contributed by atoms with E-state index in [1.54, 1.807) is 0 Å². The van der Waals surface area contributed by atoms with Crippen LogP contribution in [0.15, 0.2) is 0 Å². The number of carbonyl (C=O) groups is 1. The summed E-state index contributed by atoms with van der Waals surface area (Å²) in [6.45, 7) is 2.08. The molecule has 0 spiro atoms. The van der Waals surface area contributed by atoms with Gasteiger partial charge in [-0.1, -0.05) is 0 Å². The van der Waals surface area contributed by atoms with Crippen LogP contribution < -0.4 is 10.6 Å². The van der Waals surface area contributed by atoms with E-state index in [4.69, 9.17) is 0 Å². The first-order chi connectivity index (χ1) is 5.36. The Bertz CT molecular complexity index is 153. The lowest BCUT2D eigenvalue weighted by Gasteiger charge is -2.13. The second-order valence-electron chi connectivity index (χ2n) is 3.48. The molecule has 3 heteroatoms. The van der Waals surface area contributed by atoms with Gasteiger partial charge in [0.05, 0.1) is 0 Å². The zero-order chi connectivity index (χ0) is 7.68. The molecule has 2 aliphatic heterocycles. The second kappa shape index (κ2) is 2.81. The van der Waals surface area contributed by atoms with Crippen LogP contribution in [0.25, 0.3) is 0 Å². The average Bonchev–Trinajstić information content (AvgIpc) is 2.17. The topological polar surface area (TPSA) is 41.1 Å². The quantitative estimate of drug-likeness (QED) is 0.510. The summed E-state index contributed by atoms with van der Waals surface area (Å²) in [5, 5.41) is 6.32. The Kier molecular flexibility index (Phi) is 1.82. The lowest BCUT2D eigenvalue weighted by molar-refractivity contribution is -0.119. The Morgan fingerprint density at radius 2 is 2.36 bits per heavy atom. The van der Waals surface area contributed by atoms with E-state index in [0.717, 1.165) is 19.5 Å². The Morgan fingerprint density at radius 1 is 1.45 bits per heavy atom. The van der Waals surface area contributed by atoms with Crippen molar-refractivity contribution in [2.75, 3.05) is 13.1 Å². The number of rotatable bonds is 0. The summed E-state index contributed by atoms with van der Waals surface area (Å²) in [4.78, 5) is 11.0. The minimum absolute atomic E-state index is 0.240. The SMILES string of the molecule is O=C1CC2CCCNCC2N1. The molecule has 1 amide bonds. The summed E-state index contributed by atoms with van der Waals surface area (Å²) < 4.78 is 0. The van der Waals surface area contributed by atoms with Crippen LogP contribution in [-0.4, -0.2) is 25.0 Å². The summed E-state index contributed by atoms with van der Waals surface area (Å²) >= 11 is 0. The van der Waals surface area contributed by atoms with Crippen LogP contribution in [0.5, 0.6) is 0 Å². The number of nitrogens with one attached hydrogen (secondary N) is 2. The minimum Gasteiger partial charge on any atom is -0.352 e. The van der Waals surface area contributed by atoms with Gasteiger partial charge in [-0.25, -0.2) is 0 Å². The minimum atomic E-state index is 0.240. The van der Waals surface area contributed by atoms with Gasteiger partial charge in [0.1, 0.15) is 0 Å². The molecule has 2 fully saturated rings. The number of carbonyl (C=O) groups excluding carboxylic acids is 1. The summed E-state index contributed by atoms with van der Waals surface area (Å²) in [6, 6.07) is 0.421.